The number of rotatable bonds is 9. The van der Waals surface area contributed by atoms with Crippen molar-refractivity contribution in [1.82, 2.24) is 15.5 Å². The number of aromatic nitrogens is 2. The average molecular weight is 344 g/mol. The van der Waals surface area contributed by atoms with Crippen molar-refractivity contribution in [3.05, 3.63) is 30.2 Å². The molecule has 1 aliphatic carbocycles. The summed E-state index contributed by atoms with van der Waals surface area (Å²) in [5, 5.41) is 6.83. The van der Waals surface area contributed by atoms with Crippen LogP contribution >= 0.6 is 0 Å². The molecule has 0 saturated heterocycles. The molecule has 1 aromatic heterocycles. The number of hydrogen-bond donors (Lipinski definition) is 2. The largest absolute Gasteiger partial charge is 0.494 e. The Bertz CT molecular complexity index is 695. The number of benzene rings is 1. The van der Waals surface area contributed by atoms with Crippen LogP contribution in [-0.4, -0.2) is 35.2 Å². The first-order valence-corrected chi connectivity index (χ1v) is 8.73. The lowest BCUT2D eigenvalue weighted by molar-refractivity contribution is -0.121. The molecule has 1 heterocycles. The number of nitrogens with two attached hydrogens (primary N) is 1. The van der Waals surface area contributed by atoms with Gasteiger partial charge in [0.25, 0.3) is 0 Å². The van der Waals surface area contributed by atoms with E-state index in [0.29, 0.717) is 43.6 Å². The molecule has 0 radical (unpaired) electrons. The van der Waals surface area contributed by atoms with Gasteiger partial charge in [-0.05, 0) is 49.9 Å². The second-order valence-electron chi connectivity index (χ2n) is 6.27. The number of ether oxygens (including phenoxy) is 1. The fourth-order valence-electron chi connectivity index (χ4n) is 2.57. The summed E-state index contributed by atoms with van der Waals surface area (Å²) in [4.78, 5) is 16.2. The van der Waals surface area contributed by atoms with Gasteiger partial charge in [0, 0.05) is 31.0 Å². The van der Waals surface area contributed by atoms with Crippen molar-refractivity contribution in [3.63, 3.8) is 0 Å². The van der Waals surface area contributed by atoms with Crippen LogP contribution in [0.4, 0.5) is 0 Å². The zero-order valence-corrected chi connectivity index (χ0v) is 14.4. The Morgan fingerprint density at radius 1 is 1.40 bits per heavy atom. The third-order valence-corrected chi connectivity index (χ3v) is 4.22. The van der Waals surface area contributed by atoms with Crippen LogP contribution in [0.5, 0.6) is 5.75 Å². The van der Waals surface area contributed by atoms with Crippen LogP contribution in [0, 0.1) is 5.92 Å². The second kappa shape index (κ2) is 8.11. The molecule has 3 N–H and O–H groups in total. The number of carbonyl (C=O) groups excluding carboxylic acids is 1. The van der Waals surface area contributed by atoms with E-state index in [1.165, 1.54) is 12.8 Å². The molecule has 3 rings (SSSR count). The molecular weight excluding hydrogens is 320 g/mol. The zero-order valence-electron chi connectivity index (χ0n) is 14.4. The number of carbonyl (C=O) groups is 1. The SMILES string of the molecule is CCOc1ccc(-c2noc(CCC(=O)NCC(N)C3CC3)n2)cc1. The van der Waals surface area contributed by atoms with Crippen LogP contribution in [0.25, 0.3) is 11.4 Å². The molecule has 1 amide bonds. The maximum absolute atomic E-state index is 11.9. The van der Waals surface area contributed by atoms with Crippen molar-refractivity contribution < 1.29 is 14.1 Å². The van der Waals surface area contributed by atoms with E-state index in [1.54, 1.807) is 0 Å². The summed E-state index contributed by atoms with van der Waals surface area (Å²) in [5.74, 6) is 2.29. The number of aryl methyl sites for hydroxylation is 1. The van der Waals surface area contributed by atoms with E-state index >= 15 is 0 Å². The molecule has 0 aliphatic heterocycles. The molecular formula is C18H24N4O3. The Morgan fingerprint density at radius 2 is 2.16 bits per heavy atom. The van der Waals surface area contributed by atoms with Gasteiger partial charge in [-0.2, -0.15) is 4.98 Å². The first-order chi connectivity index (χ1) is 12.2. The highest BCUT2D eigenvalue weighted by Gasteiger charge is 2.28. The number of amides is 1. The van der Waals surface area contributed by atoms with Crippen LogP contribution in [-0.2, 0) is 11.2 Å². The van der Waals surface area contributed by atoms with Gasteiger partial charge in [0.05, 0.1) is 6.61 Å². The van der Waals surface area contributed by atoms with Crippen molar-refractivity contribution in [2.24, 2.45) is 11.7 Å². The smallest absolute Gasteiger partial charge is 0.227 e. The first-order valence-electron chi connectivity index (χ1n) is 8.73. The summed E-state index contributed by atoms with van der Waals surface area (Å²) in [5.41, 5.74) is 6.81. The summed E-state index contributed by atoms with van der Waals surface area (Å²) in [6.45, 7) is 3.10. The molecule has 134 valence electrons. The van der Waals surface area contributed by atoms with E-state index in [-0.39, 0.29) is 11.9 Å². The van der Waals surface area contributed by atoms with Crippen molar-refractivity contribution in [2.75, 3.05) is 13.2 Å². The minimum absolute atomic E-state index is 0.0445. The van der Waals surface area contributed by atoms with Gasteiger partial charge < -0.3 is 20.3 Å². The summed E-state index contributed by atoms with van der Waals surface area (Å²) in [7, 11) is 0. The van der Waals surface area contributed by atoms with Crippen LogP contribution in [0.2, 0.25) is 0 Å². The maximum Gasteiger partial charge on any atom is 0.227 e. The fraction of sp³-hybridized carbons (Fsp3) is 0.500. The van der Waals surface area contributed by atoms with E-state index in [0.717, 1.165) is 11.3 Å². The van der Waals surface area contributed by atoms with Crippen molar-refractivity contribution in [1.29, 1.82) is 0 Å². The minimum atomic E-state index is -0.0445. The highest BCUT2D eigenvalue weighted by molar-refractivity contribution is 5.76. The molecule has 1 fully saturated rings. The summed E-state index contributed by atoms with van der Waals surface area (Å²) >= 11 is 0. The number of hydrogen-bond acceptors (Lipinski definition) is 6. The Morgan fingerprint density at radius 3 is 2.84 bits per heavy atom. The van der Waals surface area contributed by atoms with Crippen LogP contribution < -0.4 is 15.8 Å². The highest BCUT2D eigenvalue weighted by atomic mass is 16.5. The Hall–Kier alpha value is -2.41. The lowest BCUT2D eigenvalue weighted by Crippen LogP contribution is -2.38. The van der Waals surface area contributed by atoms with E-state index in [2.05, 4.69) is 15.5 Å². The molecule has 7 heteroatoms. The first kappa shape index (κ1) is 17.4. The van der Waals surface area contributed by atoms with Gasteiger partial charge in [-0.3, -0.25) is 4.79 Å². The Balaban J connectivity index is 1.46. The summed E-state index contributed by atoms with van der Waals surface area (Å²) < 4.78 is 10.6. The second-order valence-corrected chi connectivity index (χ2v) is 6.27. The quantitative estimate of drug-likeness (QED) is 0.720. The van der Waals surface area contributed by atoms with Gasteiger partial charge in [0.2, 0.25) is 17.6 Å². The van der Waals surface area contributed by atoms with Gasteiger partial charge in [-0.25, -0.2) is 0 Å². The van der Waals surface area contributed by atoms with Crippen molar-refractivity contribution in [3.8, 4) is 17.1 Å². The predicted molar refractivity (Wildman–Crippen MR) is 92.9 cm³/mol. The molecule has 1 unspecified atom stereocenters. The van der Waals surface area contributed by atoms with E-state index in [1.807, 2.05) is 31.2 Å². The minimum Gasteiger partial charge on any atom is -0.494 e. The lowest BCUT2D eigenvalue weighted by atomic mass is 10.2. The number of nitrogens with zero attached hydrogens (tertiary/aromatic N) is 2. The van der Waals surface area contributed by atoms with E-state index in [9.17, 15) is 4.79 Å². The van der Waals surface area contributed by atoms with E-state index < -0.39 is 0 Å². The van der Waals surface area contributed by atoms with E-state index in [4.69, 9.17) is 15.0 Å². The molecule has 1 saturated carbocycles. The maximum atomic E-state index is 11.9. The van der Waals surface area contributed by atoms with Crippen molar-refractivity contribution >= 4 is 5.91 Å². The average Bonchev–Trinajstić information content (AvgIpc) is 3.37. The molecule has 2 aromatic rings. The van der Waals surface area contributed by atoms with Gasteiger partial charge in [-0.1, -0.05) is 5.16 Å². The van der Waals surface area contributed by atoms with Crippen LogP contribution in [0.15, 0.2) is 28.8 Å². The van der Waals surface area contributed by atoms with Gasteiger partial charge in [0.1, 0.15) is 5.75 Å². The number of nitrogens with one attached hydrogen (secondary N) is 1. The molecule has 1 aliphatic rings. The predicted octanol–water partition coefficient (Wildman–Crippen LogP) is 1.92. The van der Waals surface area contributed by atoms with Crippen LogP contribution in [0.1, 0.15) is 32.1 Å². The topological polar surface area (TPSA) is 103 Å². The molecule has 1 aromatic carbocycles. The normalized spacial score (nSPS) is 15.0. The third kappa shape index (κ3) is 5.03. The summed E-state index contributed by atoms with van der Waals surface area (Å²) in [6, 6.07) is 7.56. The Kier molecular flexibility index (Phi) is 5.65. The fourth-order valence-corrected chi connectivity index (χ4v) is 2.57. The third-order valence-electron chi connectivity index (χ3n) is 4.22. The Labute approximate surface area is 146 Å². The van der Waals surface area contributed by atoms with Gasteiger partial charge >= 0.3 is 0 Å². The van der Waals surface area contributed by atoms with Gasteiger partial charge in [0.15, 0.2) is 0 Å². The monoisotopic (exact) mass is 344 g/mol. The molecule has 25 heavy (non-hydrogen) atoms. The zero-order chi connectivity index (χ0) is 17.6. The molecule has 0 spiro atoms. The molecule has 1 atom stereocenters. The highest BCUT2D eigenvalue weighted by Crippen LogP contribution is 2.31. The van der Waals surface area contributed by atoms with Crippen LogP contribution in [0.3, 0.4) is 0 Å². The standard InChI is InChI=1S/C18H24N4O3/c1-2-24-14-7-5-13(6-8-14)18-21-17(25-22-18)10-9-16(23)20-11-15(19)12-3-4-12/h5-8,12,15H,2-4,9-11,19H2,1H3,(H,20,23). The molecule has 7 nitrogen and oxygen atoms in total. The summed E-state index contributed by atoms with van der Waals surface area (Å²) in [6.07, 6.45) is 3.07. The van der Waals surface area contributed by atoms with Crippen molar-refractivity contribution in [2.45, 2.75) is 38.6 Å². The lowest BCUT2D eigenvalue weighted by Gasteiger charge is -2.10. The molecule has 0 bridgehead atoms. The van der Waals surface area contributed by atoms with Gasteiger partial charge in [-0.15, -0.1) is 0 Å².